The number of carbonyl (C=O) groups is 2. The fourth-order valence-electron chi connectivity index (χ4n) is 2.78. The van der Waals surface area contributed by atoms with Crippen LogP contribution >= 0.6 is 11.8 Å². The van der Waals surface area contributed by atoms with Gasteiger partial charge < -0.3 is 5.11 Å². The summed E-state index contributed by atoms with van der Waals surface area (Å²) < 4.78 is 0. The van der Waals surface area contributed by atoms with E-state index >= 15 is 0 Å². The van der Waals surface area contributed by atoms with Crippen LogP contribution in [0.4, 0.5) is 0 Å². The molecule has 0 aliphatic heterocycles. The van der Waals surface area contributed by atoms with Gasteiger partial charge in [0.15, 0.2) is 5.78 Å². The Morgan fingerprint density at radius 3 is 2.43 bits per heavy atom. The smallest absolute Gasteiger partial charge is 0.306 e. The maximum absolute atomic E-state index is 11.5. The van der Waals surface area contributed by atoms with Crippen LogP contribution in [0.3, 0.4) is 0 Å². The third kappa shape index (κ3) is 4.10. The van der Waals surface area contributed by atoms with Crippen LogP contribution in [0.15, 0.2) is 23.1 Å². The van der Waals surface area contributed by atoms with Crippen LogP contribution in [0.1, 0.15) is 55.5 Å². The van der Waals surface area contributed by atoms with Crippen molar-refractivity contribution in [3.05, 3.63) is 29.3 Å². The Morgan fingerprint density at radius 2 is 1.90 bits per heavy atom. The molecule has 0 atom stereocenters. The summed E-state index contributed by atoms with van der Waals surface area (Å²) in [4.78, 5) is 23.7. The largest absolute Gasteiger partial charge is 0.481 e. The van der Waals surface area contributed by atoms with Crippen LogP contribution in [0.5, 0.6) is 0 Å². The van der Waals surface area contributed by atoms with Crippen molar-refractivity contribution >= 4 is 23.5 Å². The van der Waals surface area contributed by atoms with Crippen molar-refractivity contribution in [1.29, 1.82) is 0 Å². The van der Waals surface area contributed by atoms with Crippen molar-refractivity contribution in [3.8, 4) is 0 Å². The quantitative estimate of drug-likeness (QED) is 0.829. The van der Waals surface area contributed by atoms with Gasteiger partial charge in [0, 0.05) is 15.7 Å². The number of carboxylic acids is 1. The van der Waals surface area contributed by atoms with Gasteiger partial charge >= 0.3 is 5.97 Å². The van der Waals surface area contributed by atoms with Crippen molar-refractivity contribution in [2.75, 3.05) is 0 Å². The first-order valence-corrected chi connectivity index (χ1v) is 8.42. The van der Waals surface area contributed by atoms with Gasteiger partial charge in [-0.1, -0.05) is 19.1 Å². The van der Waals surface area contributed by atoms with Gasteiger partial charge in [-0.25, -0.2) is 0 Å². The minimum absolute atomic E-state index is 0.0917. The number of thioether (sulfide) groups is 1. The van der Waals surface area contributed by atoms with Crippen LogP contribution in [0.25, 0.3) is 0 Å². The van der Waals surface area contributed by atoms with Gasteiger partial charge in [-0.05, 0) is 50.7 Å². The highest BCUT2D eigenvalue weighted by Gasteiger charge is 2.26. The highest BCUT2D eigenvalue weighted by molar-refractivity contribution is 8.00. The Morgan fingerprint density at radius 1 is 1.24 bits per heavy atom. The monoisotopic (exact) mass is 306 g/mol. The van der Waals surface area contributed by atoms with Gasteiger partial charge in [0.05, 0.1) is 5.92 Å². The number of aryl methyl sites for hydroxylation is 1. The number of rotatable bonds is 5. The Bertz CT molecular complexity index is 531. The molecule has 0 heterocycles. The standard InChI is InChI=1S/C17H22O3S/c1-3-12-4-5-14(11(2)18)10-16(12)21-15-8-6-13(7-9-15)17(19)20/h4-5,10,13,15H,3,6-9H2,1-2H3,(H,19,20). The topological polar surface area (TPSA) is 54.4 Å². The van der Waals surface area contributed by atoms with Crippen molar-refractivity contribution in [2.45, 2.75) is 56.1 Å². The molecular weight excluding hydrogens is 284 g/mol. The summed E-state index contributed by atoms with van der Waals surface area (Å²) in [6.45, 7) is 3.71. The zero-order chi connectivity index (χ0) is 15.4. The maximum atomic E-state index is 11.5. The predicted molar refractivity (Wildman–Crippen MR) is 85.1 cm³/mol. The summed E-state index contributed by atoms with van der Waals surface area (Å²) in [5.74, 6) is -0.739. The van der Waals surface area contributed by atoms with Gasteiger partial charge in [0.25, 0.3) is 0 Å². The fourth-order valence-corrected chi connectivity index (χ4v) is 4.21. The highest BCUT2D eigenvalue weighted by Crippen LogP contribution is 2.37. The Kier molecular flexibility index (Phi) is 5.45. The summed E-state index contributed by atoms with van der Waals surface area (Å²) in [5.41, 5.74) is 2.03. The van der Waals surface area contributed by atoms with Crippen LogP contribution in [-0.2, 0) is 11.2 Å². The summed E-state index contributed by atoms with van der Waals surface area (Å²) in [7, 11) is 0. The normalized spacial score (nSPS) is 22.0. The van der Waals surface area contributed by atoms with E-state index in [1.54, 1.807) is 6.92 Å². The van der Waals surface area contributed by atoms with E-state index in [1.807, 2.05) is 30.0 Å². The average molecular weight is 306 g/mol. The number of hydrogen-bond acceptors (Lipinski definition) is 3. The first-order valence-electron chi connectivity index (χ1n) is 7.54. The van der Waals surface area contributed by atoms with Gasteiger partial charge in [-0.15, -0.1) is 11.8 Å². The fraction of sp³-hybridized carbons (Fsp3) is 0.529. The lowest BCUT2D eigenvalue weighted by Gasteiger charge is -2.26. The molecule has 21 heavy (non-hydrogen) atoms. The van der Waals surface area contributed by atoms with E-state index in [4.69, 9.17) is 5.11 Å². The van der Waals surface area contributed by atoms with E-state index in [0.717, 1.165) is 37.7 Å². The molecule has 0 bridgehead atoms. The highest BCUT2D eigenvalue weighted by atomic mass is 32.2. The number of carbonyl (C=O) groups excluding carboxylic acids is 1. The Hall–Kier alpha value is -1.29. The molecule has 1 saturated carbocycles. The van der Waals surface area contributed by atoms with Crippen molar-refractivity contribution in [3.63, 3.8) is 0 Å². The van der Waals surface area contributed by atoms with Crippen LogP contribution in [0.2, 0.25) is 0 Å². The van der Waals surface area contributed by atoms with Crippen LogP contribution in [0, 0.1) is 5.92 Å². The molecule has 0 amide bonds. The molecule has 1 fully saturated rings. The van der Waals surface area contributed by atoms with Gasteiger partial charge in [-0.3, -0.25) is 9.59 Å². The molecule has 3 nitrogen and oxygen atoms in total. The van der Waals surface area contributed by atoms with Crippen LogP contribution < -0.4 is 0 Å². The number of carboxylic acid groups (broad SMARTS) is 1. The van der Waals surface area contributed by atoms with Gasteiger partial charge in [0.1, 0.15) is 0 Å². The molecule has 2 rings (SSSR count). The number of Topliss-reactive ketones (excluding diaryl/α,β-unsaturated/α-hetero) is 1. The molecular formula is C17H22O3S. The van der Waals surface area contributed by atoms with Gasteiger partial charge in [0.2, 0.25) is 0 Å². The minimum atomic E-state index is -0.661. The molecule has 1 aromatic carbocycles. The van der Waals surface area contributed by atoms with Gasteiger partial charge in [-0.2, -0.15) is 0 Å². The lowest BCUT2D eigenvalue weighted by molar-refractivity contribution is -0.142. The maximum Gasteiger partial charge on any atom is 0.306 e. The summed E-state index contributed by atoms with van der Waals surface area (Å²) in [5, 5.41) is 9.52. The van der Waals surface area contributed by atoms with E-state index in [9.17, 15) is 9.59 Å². The Labute approximate surface area is 130 Å². The molecule has 114 valence electrons. The molecule has 1 aliphatic carbocycles. The third-order valence-corrected chi connectivity index (χ3v) is 5.61. The first-order chi connectivity index (χ1) is 10.0. The summed E-state index contributed by atoms with van der Waals surface area (Å²) in [6, 6.07) is 5.93. The summed E-state index contributed by atoms with van der Waals surface area (Å²) >= 11 is 1.82. The molecule has 0 spiro atoms. The second-order valence-electron chi connectivity index (χ2n) is 5.66. The molecule has 0 aromatic heterocycles. The van der Waals surface area contributed by atoms with Crippen molar-refractivity contribution in [2.24, 2.45) is 5.92 Å². The van der Waals surface area contributed by atoms with E-state index in [2.05, 4.69) is 6.92 Å². The molecule has 0 radical (unpaired) electrons. The second kappa shape index (κ2) is 7.12. The number of aliphatic carboxylic acids is 1. The average Bonchev–Trinajstić information content (AvgIpc) is 2.47. The first kappa shape index (κ1) is 16.1. The number of hydrogen-bond donors (Lipinski definition) is 1. The lowest BCUT2D eigenvalue weighted by atomic mass is 9.89. The van der Waals surface area contributed by atoms with E-state index < -0.39 is 5.97 Å². The zero-order valence-electron chi connectivity index (χ0n) is 12.6. The minimum Gasteiger partial charge on any atom is -0.481 e. The van der Waals surface area contributed by atoms with E-state index in [1.165, 1.54) is 10.5 Å². The van der Waals surface area contributed by atoms with E-state index in [0.29, 0.717) is 5.25 Å². The summed E-state index contributed by atoms with van der Waals surface area (Å²) in [6.07, 6.45) is 4.36. The van der Waals surface area contributed by atoms with Crippen molar-refractivity contribution in [1.82, 2.24) is 0 Å². The number of ketones is 1. The molecule has 4 heteroatoms. The molecule has 0 unspecified atom stereocenters. The van der Waals surface area contributed by atoms with Crippen molar-refractivity contribution < 1.29 is 14.7 Å². The predicted octanol–water partition coefficient (Wildman–Crippen LogP) is 4.19. The zero-order valence-corrected chi connectivity index (χ0v) is 13.4. The molecule has 0 saturated heterocycles. The van der Waals surface area contributed by atoms with E-state index in [-0.39, 0.29) is 11.7 Å². The third-order valence-electron chi connectivity index (χ3n) is 4.17. The SMILES string of the molecule is CCc1ccc(C(C)=O)cc1SC1CCC(C(=O)O)CC1. The molecule has 1 N–H and O–H groups in total. The molecule has 1 aromatic rings. The number of benzene rings is 1. The molecule has 1 aliphatic rings. The lowest BCUT2D eigenvalue weighted by Crippen LogP contribution is -2.22. The Balaban J connectivity index is 2.07. The second-order valence-corrected chi connectivity index (χ2v) is 7.00. The van der Waals surface area contributed by atoms with Crippen LogP contribution in [-0.4, -0.2) is 22.1 Å².